The van der Waals surface area contributed by atoms with Crippen molar-refractivity contribution in [3.8, 4) is 0 Å². The molecule has 0 atom stereocenters. The van der Waals surface area contributed by atoms with E-state index in [1.165, 1.54) is 16.3 Å². The fraction of sp³-hybridized carbons (Fsp3) is 0.281. The molecular formula is C32H40O3. The van der Waals surface area contributed by atoms with Crippen LogP contribution in [0.2, 0.25) is 0 Å². The first-order valence-corrected chi connectivity index (χ1v) is 12.1. The lowest BCUT2D eigenvalue weighted by Gasteiger charge is -2.16. The number of rotatable bonds is 9. The van der Waals surface area contributed by atoms with E-state index in [0.29, 0.717) is 6.42 Å². The minimum Gasteiger partial charge on any atom is -0.307 e. The molecule has 0 radical (unpaired) electrons. The zero-order valence-electron chi connectivity index (χ0n) is 21.9. The van der Waals surface area contributed by atoms with Crippen LogP contribution in [0.5, 0.6) is 0 Å². The molecule has 3 aromatic rings. The predicted molar refractivity (Wildman–Crippen MR) is 151 cm³/mol. The van der Waals surface area contributed by atoms with Crippen molar-refractivity contribution in [1.82, 2.24) is 0 Å². The van der Waals surface area contributed by atoms with Gasteiger partial charge in [-0.15, -0.1) is 0 Å². The van der Waals surface area contributed by atoms with Gasteiger partial charge in [-0.25, -0.2) is 0 Å². The highest BCUT2D eigenvalue weighted by Crippen LogP contribution is 2.30. The van der Waals surface area contributed by atoms with Crippen LogP contribution in [0, 0.1) is 6.92 Å². The summed E-state index contributed by atoms with van der Waals surface area (Å²) in [5, 5.41) is 2.65. The Morgan fingerprint density at radius 2 is 1.40 bits per heavy atom. The normalized spacial score (nSPS) is 9.37. The third-order valence-electron chi connectivity index (χ3n) is 5.68. The number of carbonyl (C=O) groups excluding carboxylic acids is 3. The van der Waals surface area contributed by atoms with Gasteiger partial charge in [0, 0.05) is 12.0 Å². The van der Waals surface area contributed by atoms with Gasteiger partial charge in [0.25, 0.3) is 0 Å². The third kappa shape index (κ3) is 8.94. The lowest BCUT2D eigenvalue weighted by Crippen LogP contribution is -2.04. The van der Waals surface area contributed by atoms with Crippen LogP contribution >= 0.6 is 0 Å². The second-order valence-corrected chi connectivity index (χ2v) is 7.70. The number of ketones is 1. The molecule has 3 heteroatoms. The summed E-state index contributed by atoms with van der Waals surface area (Å²) in [6.45, 7) is 20.5. The standard InChI is InChI=1S/C28H30O.C2H6.2CH2O/c1-5-27(29)26-19-10-13-21(3)28(26)22(4)20(2)12-6-7-14-23-16-11-17-24-15-8-9-18-25(23)24;3*1-2/h8-11,13,15-19H,2,4-7,12,14H2,1,3H3;1-2H3;2*1H2. The van der Waals surface area contributed by atoms with Gasteiger partial charge in [0.2, 0.25) is 0 Å². The smallest absolute Gasteiger partial charge is 0.163 e. The van der Waals surface area contributed by atoms with Crippen molar-refractivity contribution in [1.29, 1.82) is 0 Å². The largest absolute Gasteiger partial charge is 0.307 e. The van der Waals surface area contributed by atoms with Crippen molar-refractivity contribution in [2.45, 2.75) is 59.8 Å². The summed E-state index contributed by atoms with van der Waals surface area (Å²) in [6, 6.07) is 21.0. The molecule has 0 aliphatic carbocycles. The van der Waals surface area contributed by atoms with E-state index in [9.17, 15) is 4.79 Å². The van der Waals surface area contributed by atoms with E-state index in [1.54, 1.807) is 0 Å². The fourth-order valence-electron chi connectivity index (χ4n) is 3.98. The summed E-state index contributed by atoms with van der Waals surface area (Å²) in [6.07, 6.45) is 4.63. The van der Waals surface area contributed by atoms with E-state index in [4.69, 9.17) is 9.59 Å². The molecule has 35 heavy (non-hydrogen) atoms. The molecule has 0 aliphatic heterocycles. The van der Waals surface area contributed by atoms with Gasteiger partial charge in [0.1, 0.15) is 13.6 Å². The van der Waals surface area contributed by atoms with Crippen LogP contribution in [0.1, 0.15) is 73.5 Å². The molecule has 0 aromatic heterocycles. The zero-order chi connectivity index (χ0) is 26.8. The first kappa shape index (κ1) is 31.4. The van der Waals surface area contributed by atoms with Crippen molar-refractivity contribution < 1.29 is 14.4 Å². The minimum atomic E-state index is 0.161. The Balaban J connectivity index is 0.00000179. The number of benzene rings is 3. The lowest BCUT2D eigenvalue weighted by molar-refractivity contribution is -0.0987. The molecule has 0 heterocycles. The molecule has 186 valence electrons. The van der Waals surface area contributed by atoms with Crippen LogP contribution in [-0.2, 0) is 16.0 Å². The van der Waals surface area contributed by atoms with Crippen LogP contribution < -0.4 is 0 Å². The van der Waals surface area contributed by atoms with Crippen molar-refractivity contribution in [2.24, 2.45) is 0 Å². The summed E-state index contributed by atoms with van der Waals surface area (Å²) < 4.78 is 0. The maximum atomic E-state index is 12.4. The number of aryl methyl sites for hydroxylation is 2. The molecule has 0 unspecified atom stereocenters. The first-order chi connectivity index (χ1) is 17.0. The number of hydrogen-bond donors (Lipinski definition) is 0. The average molecular weight is 473 g/mol. The van der Waals surface area contributed by atoms with Crippen molar-refractivity contribution in [2.75, 3.05) is 0 Å². The molecule has 0 aliphatic rings. The van der Waals surface area contributed by atoms with Crippen molar-refractivity contribution >= 4 is 35.7 Å². The Morgan fingerprint density at radius 3 is 2.06 bits per heavy atom. The Morgan fingerprint density at radius 1 is 0.800 bits per heavy atom. The molecule has 0 amide bonds. The van der Waals surface area contributed by atoms with Crippen molar-refractivity contribution in [3.63, 3.8) is 0 Å². The van der Waals surface area contributed by atoms with Gasteiger partial charge in [-0.1, -0.05) is 94.6 Å². The van der Waals surface area contributed by atoms with Gasteiger partial charge < -0.3 is 9.59 Å². The second-order valence-electron chi connectivity index (χ2n) is 7.70. The molecular weight excluding hydrogens is 432 g/mol. The molecule has 0 bridgehead atoms. The molecule has 3 nitrogen and oxygen atoms in total. The minimum absolute atomic E-state index is 0.161. The predicted octanol–water partition coefficient (Wildman–Crippen LogP) is 8.38. The number of allylic oxidation sites excluding steroid dienone is 2. The van der Waals surface area contributed by atoms with Crippen LogP contribution in [-0.4, -0.2) is 19.4 Å². The third-order valence-corrected chi connectivity index (χ3v) is 5.68. The Kier molecular flexibility index (Phi) is 16.0. The van der Waals surface area contributed by atoms with Crippen LogP contribution in [0.4, 0.5) is 0 Å². The van der Waals surface area contributed by atoms with Crippen LogP contribution in [0.15, 0.2) is 79.4 Å². The molecule has 0 fully saturated rings. The van der Waals surface area contributed by atoms with Crippen molar-refractivity contribution in [3.05, 3.63) is 102 Å². The molecule has 0 N–H and O–H groups in total. The zero-order valence-corrected chi connectivity index (χ0v) is 21.9. The number of hydrogen-bond acceptors (Lipinski definition) is 3. The van der Waals surface area contributed by atoms with E-state index >= 15 is 0 Å². The summed E-state index contributed by atoms with van der Waals surface area (Å²) in [7, 11) is 0. The fourth-order valence-corrected chi connectivity index (χ4v) is 3.98. The Hall–Kier alpha value is -3.59. The topological polar surface area (TPSA) is 51.2 Å². The SMILES string of the molecule is C=C(CCCCc1cccc2ccccc12)C(=C)c1c(C)cccc1C(=O)CC.C=O.C=O.CC. The average Bonchev–Trinajstić information content (AvgIpc) is 2.93. The van der Waals surface area contributed by atoms with Crippen LogP contribution in [0.25, 0.3) is 16.3 Å². The number of unbranched alkanes of at least 4 members (excludes halogenated alkanes) is 1. The summed E-state index contributed by atoms with van der Waals surface area (Å²) in [5.41, 5.74) is 6.17. The maximum Gasteiger partial charge on any atom is 0.163 e. The molecule has 3 rings (SSSR count). The number of carbonyl (C=O) groups is 3. The van der Waals surface area contributed by atoms with E-state index in [0.717, 1.165) is 53.5 Å². The highest BCUT2D eigenvalue weighted by Gasteiger charge is 2.15. The monoisotopic (exact) mass is 472 g/mol. The van der Waals surface area contributed by atoms with Gasteiger partial charge in [-0.2, -0.15) is 0 Å². The second kappa shape index (κ2) is 17.8. The van der Waals surface area contributed by atoms with Gasteiger partial charge in [-0.3, -0.25) is 4.79 Å². The Bertz CT molecular complexity index is 1090. The molecule has 0 saturated carbocycles. The summed E-state index contributed by atoms with van der Waals surface area (Å²) in [4.78, 5) is 28.4. The highest BCUT2D eigenvalue weighted by atomic mass is 16.1. The van der Waals surface area contributed by atoms with E-state index in [2.05, 4.69) is 55.6 Å². The van der Waals surface area contributed by atoms with E-state index in [1.807, 2.05) is 59.5 Å². The summed E-state index contributed by atoms with van der Waals surface area (Å²) in [5.74, 6) is 0.161. The van der Waals surface area contributed by atoms with Gasteiger partial charge in [0.05, 0.1) is 0 Å². The van der Waals surface area contributed by atoms with Crippen LogP contribution in [0.3, 0.4) is 0 Å². The summed E-state index contributed by atoms with van der Waals surface area (Å²) >= 11 is 0. The lowest BCUT2D eigenvalue weighted by atomic mass is 9.88. The molecule has 0 saturated heterocycles. The van der Waals surface area contributed by atoms with E-state index in [-0.39, 0.29) is 5.78 Å². The van der Waals surface area contributed by atoms with Gasteiger partial charge in [-0.05, 0) is 71.2 Å². The number of fused-ring (bicyclic) bond motifs is 1. The highest BCUT2D eigenvalue weighted by molar-refractivity contribution is 6.02. The number of Topliss-reactive ketones (excluding diaryl/α,β-unsaturated/α-hetero) is 1. The molecule has 0 spiro atoms. The first-order valence-electron chi connectivity index (χ1n) is 12.1. The van der Waals surface area contributed by atoms with E-state index < -0.39 is 0 Å². The van der Waals surface area contributed by atoms with Gasteiger partial charge in [0.15, 0.2) is 5.78 Å². The maximum absolute atomic E-state index is 12.4. The van der Waals surface area contributed by atoms with Gasteiger partial charge >= 0.3 is 0 Å². The quantitative estimate of drug-likeness (QED) is 0.178. The molecule has 3 aromatic carbocycles. The Labute approximate surface area is 211 Å².